The highest BCUT2D eigenvalue weighted by Crippen LogP contribution is 2.17. The van der Waals surface area contributed by atoms with E-state index >= 15 is 0 Å². The Labute approximate surface area is 507 Å². The Kier molecular flexibility index (Phi) is 65.8. The largest absolute Gasteiger partial charge is 0.462 e. The average Bonchev–Trinajstić information content (AvgIpc) is 3.47. The maximum absolute atomic E-state index is 13.0. The molecule has 468 valence electrons. The number of esters is 3. The second-order valence-corrected chi connectivity index (χ2v) is 22.7. The van der Waals surface area contributed by atoms with Crippen LogP contribution in [-0.2, 0) is 28.6 Å². The van der Waals surface area contributed by atoms with Crippen LogP contribution in [-0.4, -0.2) is 37.2 Å². The van der Waals surface area contributed by atoms with Crippen molar-refractivity contribution in [2.75, 3.05) is 13.2 Å². The molecule has 0 aliphatic rings. The molecule has 0 fully saturated rings. The molecule has 0 aromatic heterocycles. The highest BCUT2D eigenvalue weighted by atomic mass is 16.6. The Morgan fingerprint density at radius 3 is 0.744 bits per heavy atom. The molecule has 0 aliphatic heterocycles. The molecule has 0 heterocycles. The fourth-order valence-corrected chi connectivity index (χ4v) is 9.62. The van der Waals surface area contributed by atoms with Crippen LogP contribution in [0.15, 0.2) is 122 Å². The van der Waals surface area contributed by atoms with Gasteiger partial charge in [0, 0.05) is 19.3 Å². The Bertz CT molecular complexity index is 1690. The first-order valence-electron chi connectivity index (χ1n) is 34.5. The molecule has 0 aromatic rings. The van der Waals surface area contributed by atoms with Crippen LogP contribution in [0.4, 0.5) is 0 Å². The van der Waals surface area contributed by atoms with E-state index in [9.17, 15) is 14.4 Å². The molecular formula is C76H128O6. The molecule has 0 N–H and O–H groups in total. The zero-order chi connectivity index (χ0) is 59.2. The summed E-state index contributed by atoms with van der Waals surface area (Å²) < 4.78 is 17.0. The summed E-state index contributed by atoms with van der Waals surface area (Å²) in [5, 5.41) is 0. The fraction of sp³-hybridized carbons (Fsp3) is 0.697. The maximum atomic E-state index is 13.0. The third-order valence-electron chi connectivity index (χ3n) is 14.7. The summed E-state index contributed by atoms with van der Waals surface area (Å²) in [6.45, 7) is 6.43. The Hall–Kier alpha value is -4.19. The van der Waals surface area contributed by atoms with Crippen LogP contribution in [0.2, 0.25) is 0 Å². The Morgan fingerprint density at radius 2 is 0.476 bits per heavy atom. The molecule has 0 aromatic carbocycles. The topological polar surface area (TPSA) is 78.9 Å². The van der Waals surface area contributed by atoms with Crippen molar-refractivity contribution in [1.29, 1.82) is 0 Å². The molecular weight excluding hydrogens is 1010 g/mol. The van der Waals surface area contributed by atoms with Gasteiger partial charge in [-0.25, -0.2) is 0 Å². The van der Waals surface area contributed by atoms with E-state index in [0.29, 0.717) is 19.3 Å². The van der Waals surface area contributed by atoms with E-state index < -0.39 is 6.10 Å². The molecule has 6 nitrogen and oxygen atoms in total. The van der Waals surface area contributed by atoms with Crippen molar-refractivity contribution >= 4 is 17.9 Å². The van der Waals surface area contributed by atoms with Gasteiger partial charge in [0.05, 0.1) is 0 Å². The number of unbranched alkanes of at least 4 members (excludes halogenated alkanes) is 31. The second-order valence-electron chi connectivity index (χ2n) is 22.7. The van der Waals surface area contributed by atoms with Gasteiger partial charge in [-0.1, -0.05) is 316 Å². The molecule has 0 saturated carbocycles. The van der Waals surface area contributed by atoms with E-state index in [-0.39, 0.29) is 31.1 Å². The lowest BCUT2D eigenvalue weighted by Gasteiger charge is -2.18. The number of carbonyl (C=O) groups excluding carboxylic acids is 3. The summed E-state index contributed by atoms with van der Waals surface area (Å²) >= 11 is 0. The van der Waals surface area contributed by atoms with Crippen molar-refractivity contribution in [3.63, 3.8) is 0 Å². The van der Waals surface area contributed by atoms with Gasteiger partial charge in [-0.05, 0) is 109 Å². The second kappa shape index (κ2) is 69.3. The molecule has 0 aliphatic carbocycles. The highest BCUT2D eigenvalue weighted by Gasteiger charge is 2.19. The number of ether oxygens (including phenoxy) is 3. The van der Waals surface area contributed by atoms with E-state index in [0.717, 1.165) is 128 Å². The summed E-state index contributed by atoms with van der Waals surface area (Å²) in [6.07, 6.45) is 96.4. The standard InChI is InChI=1S/C76H128O6/c1-4-7-10-13-16-19-22-25-27-29-31-33-35-37-38-40-41-43-45-47-49-51-54-57-60-63-66-69-75(78)81-72-73(71-80-74(77)68-65-62-59-56-53-24-21-18-15-12-9-6-3)82-76(79)70-67-64-61-58-55-52-50-48-46-44-42-39-36-34-32-30-28-26-23-20-17-14-11-8-5-2/h7-8,10-11,16-17,19-20,25-28,31-34,37-38,41,43,73H,4-6,9,12-15,18,21-24,29-30,35-36,39-40,42,44-72H2,1-3H3/b10-7-,11-8-,19-16-,20-17-,27-25-,28-26-,33-31-,34-32-,38-37-,43-41-. The lowest BCUT2D eigenvalue weighted by molar-refractivity contribution is -0.167. The summed E-state index contributed by atoms with van der Waals surface area (Å²) in [5.74, 6) is -0.880. The van der Waals surface area contributed by atoms with Gasteiger partial charge in [0.2, 0.25) is 0 Å². The molecule has 82 heavy (non-hydrogen) atoms. The van der Waals surface area contributed by atoms with Gasteiger partial charge < -0.3 is 14.2 Å². The van der Waals surface area contributed by atoms with Crippen LogP contribution in [0.25, 0.3) is 0 Å². The molecule has 0 bridgehead atoms. The van der Waals surface area contributed by atoms with E-state index in [1.54, 1.807) is 0 Å². The van der Waals surface area contributed by atoms with E-state index in [2.05, 4.69) is 142 Å². The van der Waals surface area contributed by atoms with Gasteiger partial charge >= 0.3 is 17.9 Å². The fourth-order valence-electron chi connectivity index (χ4n) is 9.62. The van der Waals surface area contributed by atoms with Crippen LogP contribution in [0.1, 0.15) is 323 Å². The van der Waals surface area contributed by atoms with Gasteiger partial charge in [-0.2, -0.15) is 0 Å². The summed E-state index contributed by atoms with van der Waals surface area (Å²) in [4.78, 5) is 38.4. The minimum absolute atomic E-state index is 0.0798. The van der Waals surface area contributed by atoms with Crippen LogP contribution >= 0.6 is 0 Å². The SMILES string of the molecule is CC/C=C\C/C=C\C/C=C\C/C=C\C/C=C\C/C=C\CCCCCCCCCCC(=O)OCC(COC(=O)CCCCCCCCCCCCCC)OC(=O)CCCCCCCCCCCCCC/C=C\C/C=C\C/C=C\C/C=C\CC. The third-order valence-corrected chi connectivity index (χ3v) is 14.7. The van der Waals surface area contributed by atoms with Crippen LogP contribution in [0.3, 0.4) is 0 Å². The monoisotopic (exact) mass is 1140 g/mol. The maximum Gasteiger partial charge on any atom is 0.306 e. The summed E-state index contributed by atoms with van der Waals surface area (Å²) in [5.41, 5.74) is 0. The van der Waals surface area contributed by atoms with Gasteiger partial charge in [0.25, 0.3) is 0 Å². The molecule has 0 spiro atoms. The molecule has 1 atom stereocenters. The Morgan fingerprint density at radius 1 is 0.256 bits per heavy atom. The van der Waals surface area contributed by atoms with Crippen molar-refractivity contribution in [1.82, 2.24) is 0 Å². The minimum Gasteiger partial charge on any atom is -0.462 e. The molecule has 0 saturated heterocycles. The average molecular weight is 1140 g/mol. The van der Waals surface area contributed by atoms with Gasteiger partial charge in [0.1, 0.15) is 13.2 Å². The molecule has 0 amide bonds. The number of allylic oxidation sites excluding steroid dienone is 20. The summed E-state index contributed by atoms with van der Waals surface area (Å²) in [6, 6.07) is 0. The van der Waals surface area contributed by atoms with Gasteiger partial charge in [-0.3, -0.25) is 14.4 Å². The molecule has 0 rings (SSSR count). The van der Waals surface area contributed by atoms with Crippen molar-refractivity contribution < 1.29 is 28.6 Å². The molecule has 0 radical (unpaired) electrons. The highest BCUT2D eigenvalue weighted by molar-refractivity contribution is 5.71. The van der Waals surface area contributed by atoms with Crippen molar-refractivity contribution in [2.45, 2.75) is 329 Å². The first kappa shape index (κ1) is 77.8. The zero-order valence-corrected chi connectivity index (χ0v) is 53.7. The quantitative estimate of drug-likeness (QED) is 0.0261. The van der Waals surface area contributed by atoms with Crippen molar-refractivity contribution in [3.8, 4) is 0 Å². The third kappa shape index (κ3) is 66.6. The van der Waals surface area contributed by atoms with Crippen LogP contribution in [0, 0.1) is 0 Å². The minimum atomic E-state index is -0.785. The number of hydrogen-bond donors (Lipinski definition) is 0. The van der Waals surface area contributed by atoms with Crippen molar-refractivity contribution in [3.05, 3.63) is 122 Å². The first-order chi connectivity index (χ1) is 40.5. The smallest absolute Gasteiger partial charge is 0.306 e. The number of carbonyl (C=O) groups is 3. The first-order valence-corrected chi connectivity index (χ1v) is 34.5. The van der Waals surface area contributed by atoms with E-state index in [4.69, 9.17) is 14.2 Å². The Balaban J connectivity index is 4.30. The van der Waals surface area contributed by atoms with Crippen LogP contribution in [0.5, 0.6) is 0 Å². The zero-order valence-electron chi connectivity index (χ0n) is 53.7. The van der Waals surface area contributed by atoms with Gasteiger partial charge in [0.15, 0.2) is 6.10 Å². The van der Waals surface area contributed by atoms with E-state index in [1.807, 2.05) is 0 Å². The lowest BCUT2D eigenvalue weighted by atomic mass is 10.0. The van der Waals surface area contributed by atoms with E-state index in [1.165, 1.54) is 154 Å². The molecule has 6 heteroatoms. The van der Waals surface area contributed by atoms with Gasteiger partial charge in [-0.15, -0.1) is 0 Å². The van der Waals surface area contributed by atoms with Crippen molar-refractivity contribution in [2.24, 2.45) is 0 Å². The number of rotatable bonds is 62. The number of hydrogen-bond acceptors (Lipinski definition) is 6. The normalized spacial score (nSPS) is 12.9. The summed E-state index contributed by atoms with van der Waals surface area (Å²) in [7, 11) is 0. The predicted molar refractivity (Wildman–Crippen MR) is 357 cm³/mol. The predicted octanol–water partition coefficient (Wildman–Crippen LogP) is 23.9. The lowest BCUT2D eigenvalue weighted by Crippen LogP contribution is -2.30. The van der Waals surface area contributed by atoms with Crippen LogP contribution < -0.4 is 0 Å². The molecule has 1 unspecified atom stereocenters.